The fourth-order valence-corrected chi connectivity index (χ4v) is 4.49. The maximum Gasteiger partial charge on any atom is 1.00 e. The van der Waals surface area contributed by atoms with Crippen LogP contribution >= 0.6 is 27.7 Å². The number of benzene rings is 2. The van der Waals surface area contributed by atoms with Crippen molar-refractivity contribution in [1.29, 1.82) is 0 Å². The number of anilines is 1. The van der Waals surface area contributed by atoms with Gasteiger partial charge in [0.05, 0.1) is 11.7 Å². The quantitative estimate of drug-likeness (QED) is 0.517. The van der Waals surface area contributed by atoms with E-state index in [0.29, 0.717) is 10.7 Å². The van der Waals surface area contributed by atoms with Crippen LogP contribution in [0.3, 0.4) is 0 Å². The summed E-state index contributed by atoms with van der Waals surface area (Å²) in [6.45, 7) is 0. The number of nitrogens with one attached hydrogen (secondary N) is 1. The van der Waals surface area contributed by atoms with Gasteiger partial charge in [-0.25, -0.2) is 0 Å². The Morgan fingerprint density at radius 2 is 2.00 bits per heavy atom. The van der Waals surface area contributed by atoms with Gasteiger partial charge < -0.3 is 9.90 Å². The van der Waals surface area contributed by atoms with Crippen molar-refractivity contribution in [3.05, 3.63) is 42.0 Å². The zero-order valence-electron chi connectivity index (χ0n) is 13.7. The molecule has 5 nitrogen and oxygen atoms in total. The standard InChI is InChI=1S/C17H16BrN3O2S.Na/c18-16-19-20-17(24-9-15(22)23)21(16)14-8-7-11(10-5-6-10)12-3-1-2-4-13(12)14;/h1-4,7-8,10,17,20H,5-6,9H2,(H,22,23);/q;+1/p-1. The second-order valence-electron chi connectivity index (χ2n) is 5.91. The van der Waals surface area contributed by atoms with E-state index < -0.39 is 5.97 Å². The summed E-state index contributed by atoms with van der Waals surface area (Å²) in [6.07, 6.45) is 2.51. The van der Waals surface area contributed by atoms with E-state index in [1.807, 2.05) is 11.0 Å². The van der Waals surface area contributed by atoms with Gasteiger partial charge >= 0.3 is 29.6 Å². The zero-order valence-corrected chi connectivity index (χ0v) is 18.1. The molecule has 1 unspecified atom stereocenters. The Balaban J connectivity index is 0.00000182. The van der Waals surface area contributed by atoms with Crippen LogP contribution in [-0.2, 0) is 4.79 Å². The molecule has 1 saturated carbocycles. The topological polar surface area (TPSA) is 67.8 Å². The van der Waals surface area contributed by atoms with Gasteiger partial charge in [0, 0.05) is 11.1 Å². The molecular weight excluding hydrogens is 413 g/mol. The van der Waals surface area contributed by atoms with Crippen LogP contribution in [0.25, 0.3) is 10.8 Å². The van der Waals surface area contributed by atoms with Gasteiger partial charge in [0.1, 0.15) is 0 Å². The van der Waals surface area contributed by atoms with Gasteiger partial charge in [-0.15, -0.1) is 11.8 Å². The molecule has 1 fully saturated rings. The van der Waals surface area contributed by atoms with Crippen LogP contribution in [0.15, 0.2) is 41.5 Å². The van der Waals surface area contributed by atoms with Gasteiger partial charge in [-0.1, -0.05) is 30.3 Å². The third-order valence-corrected chi connectivity index (χ3v) is 5.86. The Morgan fingerprint density at radius 1 is 1.28 bits per heavy atom. The average molecular weight is 428 g/mol. The second kappa shape index (κ2) is 7.88. The minimum atomic E-state index is -1.08. The first kappa shape index (κ1) is 19.0. The molecule has 0 aromatic heterocycles. The Labute approximate surface area is 180 Å². The summed E-state index contributed by atoms with van der Waals surface area (Å²) in [5, 5.41) is 17.4. The van der Waals surface area contributed by atoms with Gasteiger partial charge in [-0.3, -0.25) is 10.3 Å². The first-order valence-electron chi connectivity index (χ1n) is 7.76. The zero-order chi connectivity index (χ0) is 16.7. The summed E-state index contributed by atoms with van der Waals surface area (Å²) in [6, 6.07) is 12.6. The van der Waals surface area contributed by atoms with Crippen LogP contribution in [-0.4, -0.2) is 22.0 Å². The van der Waals surface area contributed by atoms with Crippen molar-refractivity contribution in [3.63, 3.8) is 0 Å². The number of carboxylic acid groups (broad SMARTS) is 1. The molecule has 8 heteroatoms. The number of aliphatic carboxylic acids is 1. The van der Waals surface area contributed by atoms with Gasteiger partial charge in [0.25, 0.3) is 0 Å². The van der Waals surface area contributed by atoms with Crippen LogP contribution < -0.4 is 45.0 Å². The Kier molecular flexibility index (Phi) is 6.00. The van der Waals surface area contributed by atoms with Gasteiger partial charge in [-0.05, 0) is 51.7 Å². The molecular formula is C17H15BrN3NaO2S. The molecule has 1 atom stereocenters. The van der Waals surface area contributed by atoms with E-state index in [1.54, 1.807) is 0 Å². The van der Waals surface area contributed by atoms with E-state index in [1.165, 1.54) is 35.6 Å². The fourth-order valence-electron chi connectivity index (χ4n) is 3.07. The maximum absolute atomic E-state index is 10.8. The minimum Gasteiger partial charge on any atom is -0.549 e. The second-order valence-corrected chi connectivity index (χ2v) is 7.69. The molecule has 0 saturated heterocycles. The van der Waals surface area contributed by atoms with Crippen molar-refractivity contribution in [3.8, 4) is 0 Å². The molecule has 0 amide bonds. The Hall–Kier alpha value is -0.730. The summed E-state index contributed by atoms with van der Waals surface area (Å²) in [4.78, 5) is 12.8. The number of fused-ring (bicyclic) bond motifs is 1. The summed E-state index contributed by atoms with van der Waals surface area (Å²) in [7, 11) is 0. The molecule has 0 bridgehead atoms. The molecule has 1 N–H and O–H groups in total. The molecule has 2 aliphatic rings. The summed E-state index contributed by atoms with van der Waals surface area (Å²) >= 11 is 4.71. The largest absolute Gasteiger partial charge is 1.00 e. The number of hydrogen-bond acceptors (Lipinski definition) is 6. The van der Waals surface area contributed by atoms with Crippen LogP contribution in [0.4, 0.5) is 5.69 Å². The molecule has 1 aliphatic carbocycles. The van der Waals surface area contributed by atoms with E-state index in [-0.39, 0.29) is 40.8 Å². The molecule has 2 aromatic rings. The molecule has 2 aromatic carbocycles. The van der Waals surface area contributed by atoms with Crippen molar-refractivity contribution in [2.24, 2.45) is 5.10 Å². The predicted octanol–water partition coefficient (Wildman–Crippen LogP) is -0.437. The summed E-state index contributed by atoms with van der Waals surface area (Å²) in [5.41, 5.74) is 5.08. The minimum absolute atomic E-state index is 0. The fraction of sp³-hybridized carbons (Fsp3) is 0.294. The normalized spacial score (nSPS) is 19.3. The van der Waals surface area contributed by atoms with E-state index in [0.717, 1.165) is 11.1 Å². The number of hydrazone groups is 1. The third-order valence-electron chi connectivity index (χ3n) is 4.27. The number of amidine groups is 1. The number of carbonyl (C=O) groups is 1. The van der Waals surface area contributed by atoms with E-state index >= 15 is 0 Å². The molecule has 1 aliphatic heterocycles. The van der Waals surface area contributed by atoms with Crippen molar-refractivity contribution in [2.75, 3.05) is 10.7 Å². The van der Waals surface area contributed by atoms with Crippen molar-refractivity contribution in [1.82, 2.24) is 5.43 Å². The smallest absolute Gasteiger partial charge is 0.549 e. The molecule has 0 spiro atoms. The van der Waals surface area contributed by atoms with Gasteiger partial charge in [0.2, 0.25) is 0 Å². The third kappa shape index (κ3) is 3.85. The monoisotopic (exact) mass is 427 g/mol. The number of rotatable bonds is 5. The van der Waals surface area contributed by atoms with Crippen molar-refractivity contribution < 1.29 is 39.5 Å². The number of nitrogens with zero attached hydrogens (tertiary/aromatic N) is 2. The molecule has 124 valence electrons. The van der Waals surface area contributed by atoms with E-state index in [2.05, 4.69) is 56.8 Å². The number of halogens is 1. The molecule has 4 rings (SSSR count). The van der Waals surface area contributed by atoms with Gasteiger partial charge in [-0.2, -0.15) is 5.10 Å². The molecule has 0 radical (unpaired) electrons. The predicted molar refractivity (Wildman–Crippen MR) is 99.2 cm³/mol. The van der Waals surface area contributed by atoms with E-state index in [9.17, 15) is 9.90 Å². The molecule has 1 heterocycles. The average Bonchev–Trinajstić information content (AvgIpc) is 3.35. The Morgan fingerprint density at radius 3 is 2.68 bits per heavy atom. The molecule has 25 heavy (non-hydrogen) atoms. The van der Waals surface area contributed by atoms with E-state index in [4.69, 9.17) is 0 Å². The maximum atomic E-state index is 10.8. The van der Waals surface area contributed by atoms with Crippen molar-refractivity contribution in [2.45, 2.75) is 24.3 Å². The van der Waals surface area contributed by atoms with Crippen LogP contribution in [0.1, 0.15) is 24.3 Å². The number of thioether (sulfide) groups is 1. The van der Waals surface area contributed by atoms with Gasteiger partial charge in [0.15, 0.2) is 10.2 Å². The van der Waals surface area contributed by atoms with Crippen LogP contribution in [0, 0.1) is 0 Å². The SMILES string of the molecule is O=C([O-])CSC1NN=C(Br)N1c1ccc(C2CC2)c2ccccc12.[Na+]. The summed E-state index contributed by atoms with van der Waals surface area (Å²) in [5.74, 6) is -0.512. The Bertz CT molecular complexity index is 844. The van der Waals surface area contributed by atoms with Crippen LogP contribution in [0.2, 0.25) is 0 Å². The number of carbonyl (C=O) groups excluding carboxylic acids is 1. The number of hydrogen-bond donors (Lipinski definition) is 1. The first-order valence-corrected chi connectivity index (χ1v) is 9.60. The van der Waals surface area contributed by atoms with Crippen LogP contribution in [0.5, 0.6) is 0 Å². The first-order chi connectivity index (χ1) is 11.6. The van der Waals surface area contributed by atoms with Crippen molar-refractivity contribution >= 4 is 54.9 Å². The number of carboxylic acids is 1. The summed E-state index contributed by atoms with van der Waals surface area (Å²) < 4.78 is 0.641.